The number of esters is 1. The molecule has 0 aliphatic heterocycles. The van der Waals surface area contributed by atoms with Gasteiger partial charge in [-0.2, -0.15) is 0 Å². The lowest BCUT2D eigenvalue weighted by Gasteiger charge is -2.06. The van der Waals surface area contributed by atoms with Crippen LogP contribution in [0.5, 0.6) is 0 Å². The number of hydrogen-bond donors (Lipinski definition) is 1. The van der Waals surface area contributed by atoms with Crippen LogP contribution >= 0.6 is 11.6 Å². The number of carbonyl (C=O) groups excluding carboxylic acids is 1. The summed E-state index contributed by atoms with van der Waals surface area (Å²) in [4.78, 5) is 11.1. The average molecular weight is 256 g/mol. The van der Waals surface area contributed by atoms with Crippen molar-refractivity contribution in [1.82, 2.24) is 5.32 Å². The van der Waals surface area contributed by atoms with E-state index in [1.54, 1.807) is 0 Å². The molecule has 3 nitrogen and oxygen atoms in total. The Balaban J connectivity index is 2.13. The first-order valence-electron chi connectivity index (χ1n) is 5.83. The van der Waals surface area contributed by atoms with Crippen LogP contribution in [-0.2, 0) is 16.1 Å². The molecule has 0 aromatic heterocycles. The van der Waals surface area contributed by atoms with Gasteiger partial charge in [0.15, 0.2) is 0 Å². The normalized spacial score (nSPS) is 10.2. The number of halogens is 1. The fourth-order valence-electron chi connectivity index (χ4n) is 1.46. The van der Waals surface area contributed by atoms with Gasteiger partial charge < -0.3 is 10.1 Å². The summed E-state index contributed by atoms with van der Waals surface area (Å²) in [6.45, 7) is 3.77. The minimum atomic E-state index is -0.132. The number of nitrogens with one attached hydrogen (secondary N) is 1. The summed E-state index contributed by atoms with van der Waals surface area (Å²) in [6.07, 6.45) is 1.24. The van der Waals surface area contributed by atoms with E-state index in [1.165, 1.54) is 0 Å². The summed E-state index contributed by atoms with van der Waals surface area (Å²) in [6, 6.07) is 7.73. The molecule has 0 aliphatic rings. The van der Waals surface area contributed by atoms with Crippen molar-refractivity contribution in [2.24, 2.45) is 0 Å². The fraction of sp³-hybridized carbons (Fsp3) is 0.462. The van der Waals surface area contributed by atoms with Crippen LogP contribution in [0, 0.1) is 0 Å². The average Bonchev–Trinajstić information content (AvgIpc) is 2.31. The number of ether oxygens (including phenoxy) is 1. The molecular formula is C13H18ClNO2. The summed E-state index contributed by atoms with van der Waals surface area (Å²) >= 11 is 6.01. The second-order valence-corrected chi connectivity index (χ2v) is 4.08. The Labute approximate surface area is 107 Å². The van der Waals surface area contributed by atoms with Crippen LogP contribution in [-0.4, -0.2) is 19.1 Å². The van der Waals surface area contributed by atoms with Crippen molar-refractivity contribution in [2.45, 2.75) is 26.3 Å². The van der Waals surface area contributed by atoms with Crippen molar-refractivity contribution in [3.05, 3.63) is 34.9 Å². The van der Waals surface area contributed by atoms with Crippen LogP contribution in [0.2, 0.25) is 5.02 Å². The lowest BCUT2D eigenvalue weighted by Crippen LogP contribution is -2.16. The van der Waals surface area contributed by atoms with E-state index in [1.807, 2.05) is 31.2 Å². The molecule has 1 N–H and O–H groups in total. The topological polar surface area (TPSA) is 38.3 Å². The Morgan fingerprint density at radius 2 is 2.18 bits per heavy atom. The van der Waals surface area contributed by atoms with E-state index >= 15 is 0 Å². The molecule has 94 valence electrons. The van der Waals surface area contributed by atoms with E-state index in [2.05, 4.69) is 5.32 Å². The molecule has 4 heteroatoms. The first-order chi connectivity index (χ1) is 8.24. The van der Waals surface area contributed by atoms with Crippen molar-refractivity contribution < 1.29 is 9.53 Å². The third-order valence-electron chi connectivity index (χ3n) is 2.31. The molecule has 1 aromatic rings. The van der Waals surface area contributed by atoms with E-state index in [-0.39, 0.29) is 5.97 Å². The fourth-order valence-corrected chi connectivity index (χ4v) is 1.66. The Morgan fingerprint density at radius 3 is 2.88 bits per heavy atom. The SMILES string of the molecule is CCOC(=O)CCCNCc1ccccc1Cl. The minimum Gasteiger partial charge on any atom is -0.466 e. The van der Waals surface area contributed by atoms with E-state index in [0.717, 1.165) is 30.1 Å². The van der Waals surface area contributed by atoms with Crippen LogP contribution in [0.15, 0.2) is 24.3 Å². The molecule has 0 fully saturated rings. The van der Waals surface area contributed by atoms with Gasteiger partial charge in [0.05, 0.1) is 6.61 Å². The first-order valence-corrected chi connectivity index (χ1v) is 6.21. The van der Waals surface area contributed by atoms with Crippen molar-refractivity contribution in [3.8, 4) is 0 Å². The lowest BCUT2D eigenvalue weighted by atomic mass is 10.2. The predicted molar refractivity (Wildman–Crippen MR) is 69.0 cm³/mol. The number of carbonyl (C=O) groups is 1. The van der Waals surface area contributed by atoms with Gasteiger partial charge in [-0.15, -0.1) is 0 Å². The van der Waals surface area contributed by atoms with Gasteiger partial charge in [0.2, 0.25) is 0 Å². The van der Waals surface area contributed by atoms with Crippen molar-refractivity contribution in [2.75, 3.05) is 13.2 Å². The highest BCUT2D eigenvalue weighted by Gasteiger charge is 2.01. The number of benzene rings is 1. The molecule has 0 amide bonds. The van der Waals surface area contributed by atoms with Crippen LogP contribution in [0.25, 0.3) is 0 Å². The van der Waals surface area contributed by atoms with Gasteiger partial charge in [-0.05, 0) is 31.5 Å². The van der Waals surface area contributed by atoms with Gasteiger partial charge in [-0.25, -0.2) is 0 Å². The molecule has 0 bridgehead atoms. The second-order valence-electron chi connectivity index (χ2n) is 3.68. The molecule has 0 saturated carbocycles. The molecule has 0 heterocycles. The summed E-state index contributed by atoms with van der Waals surface area (Å²) in [5.41, 5.74) is 1.07. The standard InChI is InChI=1S/C13H18ClNO2/c1-2-17-13(16)8-5-9-15-10-11-6-3-4-7-12(11)14/h3-4,6-7,15H,2,5,8-10H2,1H3. The summed E-state index contributed by atoms with van der Waals surface area (Å²) in [7, 11) is 0. The summed E-state index contributed by atoms with van der Waals surface area (Å²) in [5.74, 6) is -0.132. The molecule has 0 radical (unpaired) electrons. The summed E-state index contributed by atoms with van der Waals surface area (Å²) < 4.78 is 4.84. The molecule has 0 unspecified atom stereocenters. The molecule has 0 aliphatic carbocycles. The molecular weight excluding hydrogens is 238 g/mol. The third-order valence-corrected chi connectivity index (χ3v) is 2.68. The Hall–Kier alpha value is -1.06. The highest BCUT2D eigenvalue weighted by atomic mass is 35.5. The zero-order valence-electron chi connectivity index (χ0n) is 10.0. The van der Waals surface area contributed by atoms with Crippen LogP contribution in [0.4, 0.5) is 0 Å². The van der Waals surface area contributed by atoms with Gasteiger partial charge in [-0.1, -0.05) is 29.8 Å². The smallest absolute Gasteiger partial charge is 0.305 e. The van der Waals surface area contributed by atoms with Gasteiger partial charge in [-0.3, -0.25) is 4.79 Å². The Kier molecular flexibility index (Phi) is 6.67. The highest BCUT2D eigenvalue weighted by Crippen LogP contribution is 2.14. The quantitative estimate of drug-likeness (QED) is 0.601. The second kappa shape index (κ2) is 8.09. The molecule has 0 saturated heterocycles. The zero-order valence-corrected chi connectivity index (χ0v) is 10.8. The third kappa shape index (κ3) is 5.71. The highest BCUT2D eigenvalue weighted by molar-refractivity contribution is 6.31. The maximum atomic E-state index is 11.1. The number of rotatable bonds is 7. The van der Waals surface area contributed by atoms with Crippen molar-refractivity contribution in [1.29, 1.82) is 0 Å². The molecule has 17 heavy (non-hydrogen) atoms. The van der Waals surface area contributed by atoms with E-state index in [4.69, 9.17) is 16.3 Å². The maximum Gasteiger partial charge on any atom is 0.305 e. The predicted octanol–water partition coefficient (Wildman–Crippen LogP) is 2.77. The Morgan fingerprint density at radius 1 is 1.41 bits per heavy atom. The number of hydrogen-bond acceptors (Lipinski definition) is 3. The Bertz CT molecular complexity index is 355. The van der Waals surface area contributed by atoms with Gasteiger partial charge in [0.1, 0.15) is 0 Å². The van der Waals surface area contributed by atoms with E-state index < -0.39 is 0 Å². The maximum absolute atomic E-state index is 11.1. The zero-order chi connectivity index (χ0) is 12.5. The van der Waals surface area contributed by atoms with E-state index in [0.29, 0.717) is 13.0 Å². The van der Waals surface area contributed by atoms with Crippen LogP contribution in [0.3, 0.4) is 0 Å². The molecule has 0 spiro atoms. The monoisotopic (exact) mass is 255 g/mol. The van der Waals surface area contributed by atoms with E-state index in [9.17, 15) is 4.79 Å². The van der Waals surface area contributed by atoms with Gasteiger partial charge >= 0.3 is 5.97 Å². The van der Waals surface area contributed by atoms with Crippen molar-refractivity contribution >= 4 is 17.6 Å². The lowest BCUT2D eigenvalue weighted by molar-refractivity contribution is -0.143. The van der Waals surface area contributed by atoms with Crippen LogP contribution in [0.1, 0.15) is 25.3 Å². The van der Waals surface area contributed by atoms with Crippen LogP contribution < -0.4 is 5.32 Å². The summed E-state index contributed by atoms with van der Waals surface area (Å²) in [5, 5.41) is 4.02. The largest absolute Gasteiger partial charge is 0.466 e. The minimum absolute atomic E-state index is 0.132. The molecule has 1 rings (SSSR count). The first kappa shape index (κ1) is 14.0. The van der Waals surface area contributed by atoms with Gasteiger partial charge in [0, 0.05) is 18.0 Å². The van der Waals surface area contributed by atoms with Gasteiger partial charge in [0.25, 0.3) is 0 Å². The molecule has 0 atom stereocenters. The van der Waals surface area contributed by atoms with Crippen molar-refractivity contribution in [3.63, 3.8) is 0 Å². The molecule has 1 aromatic carbocycles.